The van der Waals surface area contributed by atoms with Crippen LogP contribution in [0.1, 0.15) is 32.1 Å². The molecule has 0 heterocycles. The van der Waals surface area contributed by atoms with Gasteiger partial charge >= 0.3 is 10.2 Å². The van der Waals surface area contributed by atoms with E-state index in [1.165, 1.54) is 6.42 Å². The summed E-state index contributed by atoms with van der Waals surface area (Å²) in [7, 11) is -4.36. The molecule has 0 spiro atoms. The fourth-order valence-corrected chi connectivity index (χ4v) is 3.18. The SMILES string of the molecule is NCC(CS(=O)(=O)F)C1CCCCC1. The molecule has 1 fully saturated rings. The highest BCUT2D eigenvalue weighted by Gasteiger charge is 2.26. The average molecular weight is 223 g/mol. The van der Waals surface area contributed by atoms with Crippen LogP contribution in [0.25, 0.3) is 0 Å². The Morgan fingerprint density at radius 3 is 2.29 bits per heavy atom. The minimum atomic E-state index is -4.36. The highest BCUT2D eigenvalue weighted by molar-refractivity contribution is 7.86. The van der Waals surface area contributed by atoms with E-state index < -0.39 is 16.0 Å². The van der Waals surface area contributed by atoms with Crippen LogP contribution in [0.15, 0.2) is 0 Å². The molecule has 0 aromatic carbocycles. The lowest BCUT2D eigenvalue weighted by molar-refractivity contribution is 0.268. The van der Waals surface area contributed by atoms with Gasteiger partial charge in [-0.15, -0.1) is 3.89 Å². The topological polar surface area (TPSA) is 60.2 Å². The summed E-state index contributed by atoms with van der Waals surface area (Å²) < 4.78 is 33.5. The van der Waals surface area contributed by atoms with E-state index in [-0.39, 0.29) is 12.5 Å². The maximum absolute atomic E-state index is 12.5. The minimum Gasteiger partial charge on any atom is -0.330 e. The lowest BCUT2D eigenvalue weighted by atomic mass is 9.81. The van der Waals surface area contributed by atoms with Gasteiger partial charge in [-0.1, -0.05) is 32.1 Å². The van der Waals surface area contributed by atoms with Gasteiger partial charge < -0.3 is 5.73 Å². The Kier molecular flexibility index (Phi) is 4.31. The van der Waals surface area contributed by atoms with Crippen molar-refractivity contribution in [2.24, 2.45) is 17.6 Å². The zero-order valence-corrected chi connectivity index (χ0v) is 9.10. The number of halogens is 1. The van der Waals surface area contributed by atoms with E-state index in [2.05, 4.69) is 0 Å². The molecule has 14 heavy (non-hydrogen) atoms. The highest BCUT2D eigenvalue weighted by Crippen LogP contribution is 2.30. The number of hydrogen-bond donors (Lipinski definition) is 1. The fraction of sp³-hybridized carbons (Fsp3) is 1.00. The smallest absolute Gasteiger partial charge is 0.302 e. The van der Waals surface area contributed by atoms with E-state index in [0.717, 1.165) is 25.7 Å². The monoisotopic (exact) mass is 223 g/mol. The summed E-state index contributed by atoms with van der Waals surface area (Å²) >= 11 is 0. The van der Waals surface area contributed by atoms with Gasteiger partial charge in [0.05, 0.1) is 5.75 Å². The molecule has 1 unspecified atom stereocenters. The van der Waals surface area contributed by atoms with Crippen molar-refractivity contribution in [1.29, 1.82) is 0 Å². The van der Waals surface area contributed by atoms with Gasteiger partial charge in [0.25, 0.3) is 0 Å². The first-order valence-corrected chi connectivity index (χ1v) is 6.70. The summed E-state index contributed by atoms with van der Waals surface area (Å²) in [6.45, 7) is 0.272. The van der Waals surface area contributed by atoms with Crippen molar-refractivity contribution in [2.75, 3.05) is 12.3 Å². The Labute approximate surface area is 85.1 Å². The number of rotatable bonds is 4. The standard InChI is InChI=1S/C9H18FNO2S/c10-14(12,13)7-9(6-11)8-4-2-1-3-5-8/h8-9H,1-7,11H2. The molecule has 84 valence electrons. The number of hydrogen-bond acceptors (Lipinski definition) is 3. The summed E-state index contributed by atoms with van der Waals surface area (Å²) in [5.41, 5.74) is 5.48. The summed E-state index contributed by atoms with van der Waals surface area (Å²) in [6.07, 6.45) is 5.44. The Morgan fingerprint density at radius 2 is 1.86 bits per heavy atom. The van der Waals surface area contributed by atoms with Crippen molar-refractivity contribution in [1.82, 2.24) is 0 Å². The molecule has 0 aromatic rings. The predicted octanol–water partition coefficient (Wildman–Crippen LogP) is 1.44. The summed E-state index contributed by atoms with van der Waals surface area (Å²) in [4.78, 5) is 0. The normalized spacial score (nSPS) is 22.1. The molecule has 1 aliphatic carbocycles. The van der Waals surface area contributed by atoms with Gasteiger partial charge in [-0.3, -0.25) is 0 Å². The predicted molar refractivity (Wildman–Crippen MR) is 54.0 cm³/mol. The van der Waals surface area contributed by atoms with Gasteiger partial charge in [-0.25, -0.2) is 0 Å². The van der Waals surface area contributed by atoms with E-state index in [9.17, 15) is 12.3 Å². The molecule has 1 rings (SSSR count). The van der Waals surface area contributed by atoms with E-state index >= 15 is 0 Å². The molecule has 1 atom stereocenters. The van der Waals surface area contributed by atoms with Gasteiger partial charge in [-0.05, 0) is 18.4 Å². The molecule has 5 heteroatoms. The molecule has 0 aliphatic heterocycles. The van der Waals surface area contributed by atoms with Crippen LogP contribution >= 0.6 is 0 Å². The molecule has 0 saturated heterocycles. The van der Waals surface area contributed by atoms with Gasteiger partial charge in [0.1, 0.15) is 0 Å². The number of nitrogens with two attached hydrogens (primary N) is 1. The van der Waals surface area contributed by atoms with Crippen molar-refractivity contribution < 1.29 is 12.3 Å². The largest absolute Gasteiger partial charge is 0.330 e. The third-order valence-electron chi connectivity index (χ3n) is 3.03. The van der Waals surface area contributed by atoms with Gasteiger partial charge in [0.2, 0.25) is 0 Å². The first kappa shape index (κ1) is 11.9. The maximum atomic E-state index is 12.5. The van der Waals surface area contributed by atoms with Gasteiger partial charge in [0, 0.05) is 0 Å². The Hall–Kier alpha value is -0.160. The van der Waals surface area contributed by atoms with Crippen LogP contribution in [0.3, 0.4) is 0 Å². The molecule has 1 saturated carbocycles. The maximum Gasteiger partial charge on any atom is 0.302 e. The highest BCUT2D eigenvalue weighted by atomic mass is 32.3. The third-order valence-corrected chi connectivity index (χ3v) is 3.86. The van der Waals surface area contributed by atoms with Crippen molar-refractivity contribution >= 4 is 10.2 Å². The minimum absolute atomic E-state index is 0.190. The van der Waals surface area contributed by atoms with Crippen LogP contribution in [0.4, 0.5) is 3.89 Å². The second-order valence-corrected chi connectivity index (χ2v) is 5.51. The quantitative estimate of drug-likeness (QED) is 0.734. The summed E-state index contributed by atoms with van der Waals surface area (Å²) in [6, 6.07) is 0. The molecular formula is C9H18FNO2S. The first-order chi connectivity index (χ1) is 6.53. The Bertz CT molecular complexity index is 260. The lowest BCUT2D eigenvalue weighted by Gasteiger charge is -2.28. The fourth-order valence-electron chi connectivity index (χ4n) is 2.26. The van der Waals surface area contributed by atoms with E-state index in [1.807, 2.05) is 0 Å². The Balaban J connectivity index is 2.52. The second kappa shape index (κ2) is 5.07. The molecule has 0 aromatic heterocycles. The molecule has 0 bridgehead atoms. The molecule has 0 radical (unpaired) electrons. The van der Waals surface area contributed by atoms with Crippen LogP contribution < -0.4 is 5.73 Å². The van der Waals surface area contributed by atoms with Crippen molar-refractivity contribution in [3.8, 4) is 0 Å². The molecule has 2 N–H and O–H groups in total. The summed E-state index contributed by atoms with van der Waals surface area (Å²) in [5, 5.41) is 0. The van der Waals surface area contributed by atoms with E-state index in [0.29, 0.717) is 5.92 Å². The first-order valence-electron chi connectivity index (χ1n) is 5.15. The van der Waals surface area contributed by atoms with Crippen LogP contribution in [0.2, 0.25) is 0 Å². The van der Waals surface area contributed by atoms with Crippen LogP contribution in [0, 0.1) is 11.8 Å². The molecule has 1 aliphatic rings. The van der Waals surface area contributed by atoms with Crippen molar-refractivity contribution in [3.05, 3.63) is 0 Å². The van der Waals surface area contributed by atoms with Crippen LogP contribution in [-0.4, -0.2) is 20.7 Å². The van der Waals surface area contributed by atoms with Crippen LogP contribution in [-0.2, 0) is 10.2 Å². The van der Waals surface area contributed by atoms with Crippen molar-refractivity contribution in [2.45, 2.75) is 32.1 Å². The third kappa shape index (κ3) is 3.92. The zero-order valence-electron chi connectivity index (χ0n) is 8.28. The molecular weight excluding hydrogens is 205 g/mol. The molecule has 3 nitrogen and oxygen atoms in total. The zero-order chi connectivity index (χ0) is 10.6. The van der Waals surface area contributed by atoms with Crippen molar-refractivity contribution in [3.63, 3.8) is 0 Å². The lowest BCUT2D eigenvalue weighted by Crippen LogP contribution is -2.30. The summed E-state index contributed by atoms with van der Waals surface area (Å²) in [5.74, 6) is -0.279. The van der Waals surface area contributed by atoms with E-state index in [1.54, 1.807) is 0 Å². The average Bonchev–Trinajstić information content (AvgIpc) is 2.14. The van der Waals surface area contributed by atoms with Gasteiger partial charge in [0.15, 0.2) is 0 Å². The Morgan fingerprint density at radius 1 is 1.29 bits per heavy atom. The second-order valence-electron chi connectivity index (χ2n) is 4.10. The van der Waals surface area contributed by atoms with Gasteiger partial charge in [-0.2, -0.15) is 8.42 Å². The molecule has 0 amide bonds. The van der Waals surface area contributed by atoms with Crippen LogP contribution in [0.5, 0.6) is 0 Å². The van der Waals surface area contributed by atoms with E-state index in [4.69, 9.17) is 5.73 Å².